The van der Waals surface area contributed by atoms with Crippen LogP contribution in [0.25, 0.3) is 32.3 Å². The maximum atomic E-state index is 13.2. The van der Waals surface area contributed by atoms with Gasteiger partial charge in [0.2, 0.25) is 5.95 Å². The average Bonchev–Trinajstić information content (AvgIpc) is 3.53. The van der Waals surface area contributed by atoms with E-state index in [1.165, 1.54) is 18.3 Å². The number of hydrogen-bond acceptors (Lipinski definition) is 8. The number of ether oxygens (including phenoxy) is 1. The van der Waals surface area contributed by atoms with E-state index in [0.29, 0.717) is 16.5 Å². The summed E-state index contributed by atoms with van der Waals surface area (Å²) in [5.74, 6) is -1.06. The van der Waals surface area contributed by atoms with Gasteiger partial charge in [-0.05, 0) is 30.9 Å². The van der Waals surface area contributed by atoms with Crippen LogP contribution in [-0.2, 0) is 14.3 Å². The summed E-state index contributed by atoms with van der Waals surface area (Å²) in [6, 6.07) is 8.83. The summed E-state index contributed by atoms with van der Waals surface area (Å²) >= 11 is 1.43. The van der Waals surface area contributed by atoms with E-state index in [4.69, 9.17) is 5.73 Å². The lowest BCUT2D eigenvalue weighted by atomic mass is 9.88. The van der Waals surface area contributed by atoms with Gasteiger partial charge in [-0.25, -0.2) is 9.97 Å². The van der Waals surface area contributed by atoms with E-state index in [-0.39, 0.29) is 42.3 Å². The van der Waals surface area contributed by atoms with Crippen LogP contribution >= 0.6 is 11.3 Å². The van der Waals surface area contributed by atoms with Gasteiger partial charge in [-0.3, -0.25) is 19.6 Å². The molecule has 0 spiro atoms. The third-order valence-electron chi connectivity index (χ3n) is 6.91. The number of benzene rings is 1. The van der Waals surface area contributed by atoms with Gasteiger partial charge >= 0.3 is 6.36 Å². The molecule has 9 nitrogen and oxygen atoms in total. The molecule has 196 valence electrons. The van der Waals surface area contributed by atoms with Gasteiger partial charge in [0, 0.05) is 35.8 Å². The highest BCUT2D eigenvalue weighted by Gasteiger charge is 2.45. The zero-order valence-electron chi connectivity index (χ0n) is 19.9. The Balaban J connectivity index is 1.51. The Labute approximate surface area is 217 Å². The number of alkyl halides is 3. The lowest BCUT2D eigenvalue weighted by Gasteiger charge is -2.43. The Bertz CT molecular complexity index is 1640. The summed E-state index contributed by atoms with van der Waals surface area (Å²) in [6.07, 6.45) is -4.38. The first kappa shape index (κ1) is 24.5. The van der Waals surface area contributed by atoms with E-state index in [2.05, 4.69) is 25.0 Å². The molecule has 0 bridgehead atoms. The first-order chi connectivity index (χ1) is 18.0. The highest BCUT2D eigenvalue weighted by atomic mass is 32.1. The van der Waals surface area contributed by atoms with Gasteiger partial charge in [-0.15, -0.1) is 24.5 Å². The number of carbonyl (C=O) groups is 2. The molecule has 2 aliphatic rings. The topological polar surface area (TPSA) is 126 Å². The summed E-state index contributed by atoms with van der Waals surface area (Å²) in [5.41, 5.74) is 7.23. The molecular weight excluding hydrogens is 521 g/mol. The molecule has 0 aliphatic carbocycles. The number of thiophene rings is 1. The van der Waals surface area contributed by atoms with Crippen LogP contribution in [0, 0.1) is 0 Å². The molecular formula is C25H21F3N6O3S. The van der Waals surface area contributed by atoms with Gasteiger partial charge in [0.1, 0.15) is 6.10 Å². The number of imide groups is 1. The van der Waals surface area contributed by atoms with E-state index in [9.17, 15) is 22.8 Å². The highest BCUT2D eigenvalue weighted by molar-refractivity contribution is 7.17. The van der Waals surface area contributed by atoms with Crippen molar-refractivity contribution in [3.8, 4) is 0 Å². The lowest BCUT2D eigenvalue weighted by molar-refractivity contribution is -0.349. The highest BCUT2D eigenvalue weighted by Crippen LogP contribution is 2.39. The molecule has 1 aromatic carbocycles. The third-order valence-corrected chi connectivity index (χ3v) is 7.86. The number of hydrogen-bond donors (Lipinski definition) is 3. The molecule has 4 N–H and O–H groups in total. The van der Waals surface area contributed by atoms with Gasteiger partial charge in [0.15, 0.2) is 0 Å². The first-order valence-electron chi connectivity index (χ1n) is 11.7. The van der Waals surface area contributed by atoms with Crippen LogP contribution < -0.4 is 16.0 Å². The van der Waals surface area contributed by atoms with E-state index >= 15 is 0 Å². The summed E-state index contributed by atoms with van der Waals surface area (Å²) in [7, 11) is 0. The first-order valence-corrected chi connectivity index (χ1v) is 12.6. The number of carbonyl (C=O) groups excluding carboxylic acids is 2. The number of H-pyrrole nitrogens is 1. The number of aromatic amines is 1. The molecule has 2 atom stereocenters. The predicted octanol–water partition coefficient (Wildman–Crippen LogP) is 3.57. The maximum absolute atomic E-state index is 13.2. The molecule has 3 aromatic heterocycles. The zero-order valence-corrected chi connectivity index (χ0v) is 20.7. The molecule has 2 unspecified atom stereocenters. The second-order valence-electron chi connectivity index (χ2n) is 9.54. The quantitative estimate of drug-likeness (QED) is 0.337. The Kier molecular flexibility index (Phi) is 5.56. The van der Waals surface area contributed by atoms with Crippen LogP contribution in [0.3, 0.4) is 0 Å². The van der Waals surface area contributed by atoms with Crippen molar-refractivity contribution in [1.29, 1.82) is 0 Å². The fourth-order valence-electron chi connectivity index (χ4n) is 4.92. The number of rotatable bonds is 4. The van der Waals surface area contributed by atoms with Gasteiger partial charge in [0.05, 0.1) is 32.6 Å². The molecule has 13 heteroatoms. The Morgan fingerprint density at radius 3 is 2.71 bits per heavy atom. The van der Waals surface area contributed by atoms with Crippen LogP contribution in [0.5, 0.6) is 0 Å². The van der Waals surface area contributed by atoms with E-state index < -0.39 is 29.8 Å². The van der Waals surface area contributed by atoms with Crippen LogP contribution in [0.4, 0.5) is 19.1 Å². The monoisotopic (exact) mass is 542 g/mol. The fourth-order valence-corrected chi connectivity index (χ4v) is 5.80. The number of halogens is 3. The van der Waals surface area contributed by atoms with Crippen molar-refractivity contribution in [2.75, 3.05) is 18.0 Å². The summed E-state index contributed by atoms with van der Waals surface area (Å²) in [6.45, 7) is 1.57. The molecule has 38 heavy (non-hydrogen) atoms. The van der Waals surface area contributed by atoms with Crippen molar-refractivity contribution in [2.24, 2.45) is 5.73 Å². The lowest BCUT2D eigenvalue weighted by Crippen LogP contribution is -2.61. The number of amides is 2. The summed E-state index contributed by atoms with van der Waals surface area (Å²) in [5, 5.41) is 4.77. The van der Waals surface area contributed by atoms with E-state index in [1.54, 1.807) is 35.4 Å². The number of para-hydroxylation sites is 1. The number of nitrogens with two attached hydrogens (primary N) is 1. The van der Waals surface area contributed by atoms with Crippen LogP contribution in [-0.4, -0.2) is 57.9 Å². The fraction of sp³-hybridized carbons (Fsp3) is 0.280. The van der Waals surface area contributed by atoms with Crippen molar-refractivity contribution >= 4 is 61.4 Å². The molecule has 0 radical (unpaired) electrons. The molecule has 1 fully saturated rings. The van der Waals surface area contributed by atoms with Crippen molar-refractivity contribution in [2.45, 2.75) is 31.3 Å². The smallest absolute Gasteiger partial charge is 0.360 e. The van der Waals surface area contributed by atoms with Gasteiger partial charge in [-0.1, -0.05) is 18.2 Å². The van der Waals surface area contributed by atoms with Crippen molar-refractivity contribution in [3.05, 3.63) is 53.2 Å². The number of fused-ring (bicyclic) bond motifs is 2. The number of piperidine rings is 1. The zero-order chi connectivity index (χ0) is 26.8. The number of aromatic nitrogens is 3. The largest absolute Gasteiger partial charge is 0.522 e. The second-order valence-corrected chi connectivity index (χ2v) is 10.5. The summed E-state index contributed by atoms with van der Waals surface area (Å²) < 4.78 is 44.5. The minimum atomic E-state index is -4.87. The Morgan fingerprint density at radius 2 is 1.92 bits per heavy atom. The summed E-state index contributed by atoms with van der Waals surface area (Å²) in [4.78, 5) is 40.1. The number of anilines is 1. The van der Waals surface area contributed by atoms with Gasteiger partial charge in [-0.2, -0.15) is 0 Å². The molecule has 2 amide bonds. The van der Waals surface area contributed by atoms with Crippen LogP contribution in [0.1, 0.15) is 24.6 Å². The Hall–Kier alpha value is -3.81. The van der Waals surface area contributed by atoms with Crippen LogP contribution in [0.2, 0.25) is 0 Å². The normalized spacial score (nSPS) is 22.7. The van der Waals surface area contributed by atoms with Gasteiger partial charge in [0.25, 0.3) is 11.8 Å². The molecule has 5 heterocycles. The van der Waals surface area contributed by atoms with Crippen LogP contribution in [0.15, 0.2) is 41.9 Å². The standard InChI is InChI=1S/C25H21F3N6O3S/c1-24(29)7-8-34(11-16(24)37-25(26,27)28)23-31-14-5-3-2-4-12(14)19(32-23)18-17(21(35)33-22(18)36)13-10-30-15-6-9-38-20(13)15/h2-6,9-10,16,30H,7-8,11,29H2,1H3,(H,33,35,36). The minimum Gasteiger partial charge on any atom is -0.360 e. The van der Waals surface area contributed by atoms with Gasteiger partial charge < -0.3 is 15.6 Å². The maximum Gasteiger partial charge on any atom is 0.522 e. The molecule has 6 rings (SSSR count). The minimum absolute atomic E-state index is 0.0768. The third kappa shape index (κ3) is 4.12. The SMILES string of the molecule is CC1(N)CCN(c2nc(C3=C(c4c[nH]c5ccsc45)C(=O)NC3=O)c3ccccc3n2)CC1OC(F)(F)F. The van der Waals surface area contributed by atoms with E-state index in [0.717, 1.165) is 10.2 Å². The molecule has 0 saturated carbocycles. The number of nitrogens with one attached hydrogen (secondary N) is 2. The molecule has 4 aromatic rings. The van der Waals surface area contributed by atoms with Crippen molar-refractivity contribution in [3.63, 3.8) is 0 Å². The predicted molar refractivity (Wildman–Crippen MR) is 136 cm³/mol. The molecule has 1 saturated heterocycles. The second kappa shape index (κ2) is 8.61. The Morgan fingerprint density at radius 1 is 1.16 bits per heavy atom. The number of nitrogens with zero attached hydrogens (tertiary/aromatic N) is 3. The van der Waals surface area contributed by atoms with E-state index in [1.807, 2.05) is 11.4 Å². The molecule has 2 aliphatic heterocycles. The van der Waals surface area contributed by atoms with Crippen molar-refractivity contribution in [1.82, 2.24) is 20.3 Å². The average molecular weight is 543 g/mol. The van der Waals surface area contributed by atoms with Crippen molar-refractivity contribution < 1.29 is 27.5 Å².